The number of alkyl carbamates (subject to hydrolysis) is 1. The molecule has 8 nitrogen and oxygen atoms in total. The molecule has 9 heteroatoms. The van der Waals surface area contributed by atoms with Gasteiger partial charge in [-0.15, -0.1) is 11.6 Å². The van der Waals surface area contributed by atoms with E-state index >= 15 is 0 Å². The number of carbonyl (C=O) groups is 2. The zero-order chi connectivity index (χ0) is 27.6. The summed E-state index contributed by atoms with van der Waals surface area (Å²) in [7, 11) is 0. The van der Waals surface area contributed by atoms with Gasteiger partial charge in [0.05, 0.1) is 25.9 Å². The maximum Gasteiger partial charge on any atom is 0.407 e. The highest BCUT2D eigenvalue weighted by molar-refractivity contribution is 6.17. The molecule has 0 aliphatic carbocycles. The molecular formula is C28H54ClN3O5. The first-order valence-corrected chi connectivity index (χ1v) is 14.8. The number of nitrogens with one attached hydrogen (secondary N) is 2. The Morgan fingerprint density at radius 3 is 2.27 bits per heavy atom. The number of nitrogens with zero attached hydrogens (tertiary/aromatic N) is 1. The minimum Gasteiger partial charge on any atom is -0.444 e. The lowest BCUT2D eigenvalue weighted by Gasteiger charge is -2.28. The Balaban J connectivity index is 1.97. The second-order valence-electron chi connectivity index (χ2n) is 11.8. The summed E-state index contributed by atoms with van der Waals surface area (Å²) < 4.78 is 16.5. The summed E-state index contributed by atoms with van der Waals surface area (Å²) in [5, 5.41) is 5.98. The van der Waals surface area contributed by atoms with Crippen molar-refractivity contribution in [3.8, 4) is 0 Å². The summed E-state index contributed by atoms with van der Waals surface area (Å²) in [5.74, 6) is 0.830. The molecule has 1 aliphatic heterocycles. The summed E-state index contributed by atoms with van der Waals surface area (Å²) in [4.78, 5) is 26.6. The Bertz CT molecular complexity index is 627. The van der Waals surface area contributed by atoms with E-state index in [0.29, 0.717) is 32.8 Å². The quantitative estimate of drug-likeness (QED) is 0.162. The highest BCUT2D eigenvalue weighted by Crippen LogP contribution is 2.30. The molecule has 218 valence electrons. The molecule has 0 saturated carbocycles. The molecule has 0 aromatic carbocycles. The summed E-state index contributed by atoms with van der Waals surface area (Å²) in [6.45, 7) is 15.8. The van der Waals surface area contributed by atoms with Gasteiger partial charge in [0.15, 0.2) is 0 Å². The molecular weight excluding hydrogens is 494 g/mol. The van der Waals surface area contributed by atoms with Gasteiger partial charge in [-0.25, -0.2) is 4.79 Å². The first-order chi connectivity index (χ1) is 17.5. The number of hydrogen-bond donors (Lipinski definition) is 2. The second kappa shape index (κ2) is 19.0. The molecule has 0 radical (unpaired) electrons. The lowest BCUT2D eigenvalue weighted by molar-refractivity contribution is -0.121. The number of rotatable bonds is 20. The van der Waals surface area contributed by atoms with Gasteiger partial charge >= 0.3 is 6.09 Å². The number of alkyl halides is 1. The Morgan fingerprint density at radius 2 is 1.57 bits per heavy atom. The van der Waals surface area contributed by atoms with Crippen LogP contribution in [0.1, 0.15) is 92.4 Å². The van der Waals surface area contributed by atoms with Gasteiger partial charge in [-0.2, -0.15) is 0 Å². The van der Waals surface area contributed by atoms with Crippen LogP contribution in [0.4, 0.5) is 4.79 Å². The number of carbonyl (C=O) groups excluding carboxylic acids is 2. The normalized spacial score (nSPS) is 17.6. The molecule has 0 bridgehead atoms. The molecule has 37 heavy (non-hydrogen) atoms. The van der Waals surface area contributed by atoms with E-state index in [9.17, 15) is 9.59 Å². The molecule has 1 saturated heterocycles. The molecule has 0 aromatic heterocycles. The highest BCUT2D eigenvalue weighted by atomic mass is 35.5. The van der Waals surface area contributed by atoms with Crippen molar-refractivity contribution in [2.45, 2.75) is 104 Å². The summed E-state index contributed by atoms with van der Waals surface area (Å²) in [6.07, 6.45) is 8.83. The average molecular weight is 548 g/mol. The van der Waals surface area contributed by atoms with E-state index < -0.39 is 5.60 Å². The first-order valence-electron chi connectivity index (χ1n) is 14.2. The maximum atomic E-state index is 12.2. The van der Waals surface area contributed by atoms with Gasteiger partial charge in [0.2, 0.25) is 5.91 Å². The average Bonchev–Trinajstić information content (AvgIpc) is 3.08. The van der Waals surface area contributed by atoms with Crippen LogP contribution in [-0.2, 0) is 19.0 Å². The van der Waals surface area contributed by atoms with E-state index in [0.717, 1.165) is 83.5 Å². The van der Waals surface area contributed by atoms with Crippen molar-refractivity contribution in [3.63, 3.8) is 0 Å². The highest BCUT2D eigenvalue weighted by Gasteiger charge is 2.40. The molecule has 1 atom stereocenters. The number of likely N-dealkylation sites (tertiary alicyclic amines) is 1. The summed E-state index contributed by atoms with van der Waals surface area (Å²) in [5.41, 5.74) is -0.480. The van der Waals surface area contributed by atoms with Crippen molar-refractivity contribution in [2.24, 2.45) is 5.41 Å². The maximum absolute atomic E-state index is 12.2. The number of unbranched alkanes of at least 4 members (excludes halogenated alkanes) is 6. The van der Waals surface area contributed by atoms with E-state index in [1.165, 1.54) is 0 Å². The van der Waals surface area contributed by atoms with Gasteiger partial charge in [-0.1, -0.05) is 39.5 Å². The topological polar surface area (TPSA) is 89.1 Å². The molecule has 1 rings (SSSR count). The Morgan fingerprint density at radius 1 is 0.919 bits per heavy atom. The predicted octanol–water partition coefficient (Wildman–Crippen LogP) is 5.12. The van der Waals surface area contributed by atoms with Gasteiger partial charge in [0, 0.05) is 38.5 Å². The van der Waals surface area contributed by atoms with Crippen molar-refractivity contribution >= 4 is 23.6 Å². The molecule has 0 aromatic rings. The van der Waals surface area contributed by atoms with Gasteiger partial charge in [0.25, 0.3) is 0 Å². The summed E-state index contributed by atoms with van der Waals surface area (Å²) in [6, 6.07) is 0.0823. The predicted molar refractivity (Wildman–Crippen MR) is 150 cm³/mol. The minimum absolute atomic E-state index is 0.00984. The zero-order valence-corrected chi connectivity index (χ0v) is 24.9. The van der Waals surface area contributed by atoms with E-state index in [4.69, 9.17) is 25.8 Å². The van der Waals surface area contributed by atoms with Gasteiger partial charge < -0.3 is 29.7 Å². The van der Waals surface area contributed by atoms with Crippen molar-refractivity contribution in [1.29, 1.82) is 0 Å². The van der Waals surface area contributed by atoms with Crippen molar-refractivity contribution in [2.75, 3.05) is 58.5 Å². The van der Waals surface area contributed by atoms with Crippen LogP contribution in [-0.4, -0.2) is 87.0 Å². The third-order valence-corrected chi connectivity index (χ3v) is 6.71. The van der Waals surface area contributed by atoms with Crippen LogP contribution in [0.15, 0.2) is 0 Å². The van der Waals surface area contributed by atoms with Crippen LogP contribution in [0.2, 0.25) is 0 Å². The lowest BCUT2D eigenvalue weighted by atomic mass is 9.88. The second-order valence-corrected chi connectivity index (χ2v) is 12.1. The molecule has 0 unspecified atom stereocenters. The van der Waals surface area contributed by atoms with Crippen molar-refractivity contribution < 1.29 is 23.8 Å². The SMILES string of the molecule is CC(C)(C)OC(=O)N[C@H]1CN(CCCCCCC(=O)NCCOCCOCCCCCCCl)CC1(C)C. The van der Waals surface area contributed by atoms with E-state index in [1.807, 2.05) is 20.8 Å². The van der Waals surface area contributed by atoms with Crippen LogP contribution in [0, 0.1) is 5.41 Å². The lowest BCUT2D eigenvalue weighted by Crippen LogP contribution is -2.46. The Hall–Kier alpha value is -1.09. The Kier molecular flexibility index (Phi) is 17.5. The van der Waals surface area contributed by atoms with Crippen LogP contribution in [0.3, 0.4) is 0 Å². The third kappa shape index (κ3) is 17.9. The minimum atomic E-state index is -0.489. The largest absolute Gasteiger partial charge is 0.444 e. The number of amides is 2. The van der Waals surface area contributed by atoms with Gasteiger partial charge in [-0.05, 0) is 58.4 Å². The molecule has 2 amide bonds. The van der Waals surface area contributed by atoms with Crippen LogP contribution in [0.5, 0.6) is 0 Å². The fraction of sp³-hybridized carbons (Fsp3) is 0.929. The first kappa shape index (κ1) is 33.9. The molecule has 1 fully saturated rings. The standard InChI is InChI=1S/C28H54ClN3O5/c1-27(2,3)37-26(34)31-24-22-32(23-28(24,4)5)17-12-8-6-10-14-25(33)30-16-19-36-21-20-35-18-13-9-7-11-15-29/h24H,6-23H2,1-5H3,(H,30,33)(H,31,34)/t24-/m0/s1. The number of halogens is 1. The molecule has 1 aliphatic rings. The Labute approximate surface area is 230 Å². The molecule has 0 spiro atoms. The number of hydrogen-bond acceptors (Lipinski definition) is 6. The van der Waals surface area contributed by atoms with E-state index in [-0.39, 0.29) is 23.5 Å². The van der Waals surface area contributed by atoms with E-state index in [1.54, 1.807) is 0 Å². The fourth-order valence-electron chi connectivity index (χ4n) is 4.42. The van der Waals surface area contributed by atoms with Gasteiger partial charge in [-0.3, -0.25) is 4.79 Å². The van der Waals surface area contributed by atoms with Crippen molar-refractivity contribution in [3.05, 3.63) is 0 Å². The molecule has 1 heterocycles. The van der Waals surface area contributed by atoms with Gasteiger partial charge in [0.1, 0.15) is 5.60 Å². The van der Waals surface area contributed by atoms with Crippen LogP contribution in [0.25, 0.3) is 0 Å². The fourth-order valence-corrected chi connectivity index (χ4v) is 4.61. The third-order valence-electron chi connectivity index (χ3n) is 6.45. The van der Waals surface area contributed by atoms with Crippen LogP contribution < -0.4 is 10.6 Å². The zero-order valence-electron chi connectivity index (χ0n) is 24.2. The monoisotopic (exact) mass is 547 g/mol. The number of ether oxygens (including phenoxy) is 3. The molecule has 2 N–H and O–H groups in total. The smallest absolute Gasteiger partial charge is 0.407 e. The van der Waals surface area contributed by atoms with Crippen molar-refractivity contribution in [1.82, 2.24) is 15.5 Å². The summed E-state index contributed by atoms with van der Waals surface area (Å²) >= 11 is 5.65. The van der Waals surface area contributed by atoms with E-state index in [2.05, 4.69) is 29.4 Å². The van der Waals surface area contributed by atoms with Crippen LogP contribution >= 0.6 is 11.6 Å².